The number of carboxylic acids is 1. The van der Waals surface area contributed by atoms with Crippen molar-refractivity contribution >= 4 is 11.9 Å². The molecule has 1 saturated carbocycles. The number of nitrogens with one attached hydrogen (secondary N) is 1. The van der Waals surface area contributed by atoms with Crippen LogP contribution in [0.1, 0.15) is 64.7 Å². The zero-order chi connectivity index (χ0) is 15.0. The second-order valence-electron chi connectivity index (χ2n) is 6.01. The van der Waals surface area contributed by atoms with E-state index in [9.17, 15) is 14.7 Å². The maximum atomic E-state index is 12.0. The summed E-state index contributed by atoms with van der Waals surface area (Å²) < 4.78 is 0. The zero-order valence-corrected chi connectivity index (χ0v) is 12.4. The van der Waals surface area contributed by atoms with Gasteiger partial charge in [0.2, 0.25) is 5.91 Å². The Bertz CT molecular complexity index is 324. The lowest BCUT2D eigenvalue weighted by Gasteiger charge is -2.35. The van der Waals surface area contributed by atoms with Gasteiger partial charge in [-0.3, -0.25) is 9.59 Å². The van der Waals surface area contributed by atoms with Gasteiger partial charge in [-0.2, -0.15) is 0 Å². The highest BCUT2D eigenvalue weighted by atomic mass is 16.4. The molecule has 1 atom stereocenters. The van der Waals surface area contributed by atoms with Crippen LogP contribution >= 0.6 is 0 Å². The number of hydrogen-bond acceptors (Lipinski definition) is 3. The summed E-state index contributed by atoms with van der Waals surface area (Å²) in [5.41, 5.74) is -0.364. The highest BCUT2D eigenvalue weighted by molar-refractivity contribution is 5.78. The first-order valence-corrected chi connectivity index (χ1v) is 7.64. The van der Waals surface area contributed by atoms with Crippen LogP contribution in [-0.4, -0.2) is 34.7 Å². The highest BCUT2D eigenvalue weighted by Gasteiger charge is 2.36. The number of carboxylic acid groups (broad SMARTS) is 1. The summed E-state index contributed by atoms with van der Waals surface area (Å²) in [5.74, 6) is -0.905. The number of rotatable bonds is 8. The van der Waals surface area contributed by atoms with Crippen LogP contribution in [-0.2, 0) is 9.59 Å². The van der Waals surface area contributed by atoms with E-state index in [2.05, 4.69) is 5.32 Å². The highest BCUT2D eigenvalue weighted by Crippen LogP contribution is 2.42. The topological polar surface area (TPSA) is 86.6 Å². The van der Waals surface area contributed by atoms with Crippen LogP contribution in [0.2, 0.25) is 0 Å². The average molecular weight is 285 g/mol. The minimum atomic E-state index is -0.818. The summed E-state index contributed by atoms with van der Waals surface area (Å²) in [6, 6.07) is 0. The Morgan fingerprint density at radius 2 is 1.85 bits per heavy atom. The van der Waals surface area contributed by atoms with Gasteiger partial charge in [0.15, 0.2) is 0 Å². The summed E-state index contributed by atoms with van der Waals surface area (Å²) in [6.07, 6.45) is 6.02. The normalized spacial score (nSPS) is 19.3. The van der Waals surface area contributed by atoms with Gasteiger partial charge in [-0.1, -0.05) is 26.2 Å². The monoisotopic (exact) mass is 285 g/mol. The Morgan fingerprint density at radius 3 is 2.40 bits per heavy atom. The molecule has 0 spiro atoms. The van der Waals surface area contributed by atoms with Crippen LogP contribution in [0.5, 0.6) is 0 Å². The fourth-order valence-corrected chi connectivity index (χ4v) is 3.02. The Morgan fingerprint density at radius 1 is 1.20 bits per heavy atom. The number of hydrogen-bond donors (Lipinski definition) is 3. The molecule has 20 heavy (non-hydrogen) atoms. The quantitative estimate of drug-likeness (QED) is 0.637. The van der Waals surface area contributed by atoms with E-state index in [1.807, 2.05) is 6.92 Å². The molecular weight excluding hydrogens is 258 g/mol. The third-order valence-electron chi connectivity index (χ3n) is 4.25. The zero-order valence-electron chi connectivity index (χ0n) is 12.4. The molecule has 0 aromatic heterocycles. The molecule has 1 rings (SSSR count). The second kappa shape index (κ2) is 8.25. The van der Waals surface area contributed by atoms with E-state index in [4.69, 9.17) is 5.11 Å². The summed E-state index contributed by atoms with van der Waals surface area (Å²) in [5, 5.41) is 21.3. The molecule has 1 fully saturated rings. The first-order chi connectivity index (χ1) is 9.47. The van der Waals surface area contributed by atoms with Gasteiger partial charge in [0.25, 0.3) is 0 Å². The van der Waals surface area contributed by atoms with E-state index < -0.39 is 5.97 Å². The lowest BCUT2D eigenvalue weighted by molar-refractivity contribution is -0.141. The van der Waals surface area contributed by atoms with Crippen LogP contribution in [0.4, 0.5) is 0 Å². The Labute approximate surface area is 120 Å². The molecule has 5 nitrogen and oxygen atoms in total. The summed E-state index contributed by atoms with van der Waals surface area (Å²) >= 11 is 0. The van der Waals surface area contributed by atoms with E-state index in [0.717, 1.165) is 32.1 Å². The fourth-order valence-electron chi connectivity index (χ4n) is 3.02. The van der Waals surface area contributed by atoms with Crippen LogP contribution in [0.25, 0.3) is 0 Å². The SMILES string of the molecule is CCC(O)CCNC(=O)CC1(CC(=O)O)CCCCC1. The first-order valence-electron chi connectivity index (χ1n) is 7.64. The van der Waals surface area contributed by atoms with Gasteiger partial charge < -0.3 is 15.5 Å². The van der Waals surface area contributed by atoms with Gasteiger partial charge in [-0.15, -0.1) is 0 Å². The van der Waals surface area contributed by atoms with E-state index in [1.165, 1.54) is 0 Å². The van der Waals surface area contributed by atoms with Gasteiger partial charge in [-0.25, -0.2) is 0 Å². The van der Waals surface area contributed by atoms with Crippen molar-refractivity contribution in [2.24, 2.45) is 5.41 Å². The van der Waals surface area contributed by atoms with Crippen molar-refractivity contribution in [1.29, 1.82) is 0 Å². The minimum Gasteiger partial charge on any atom is -0.481 e. The van der Waals surface area contributed by atoms with Crippen molar-refractivity contribution in [3.05, 3.63) is 0 Å². The van der Waals surface area contributed by atoms with E-state index in [1.54, 1.807) is 0 Å². The molecule has 0 aromatic carbocycles. The maximum absolute atomic E-state index is 12.0. The molecule has 1 amide bonds. The predicted molar refractivity (Wildman–Crippen MR) is 76.3 cm³/mol. The van der Waals surface area contributed by atoms with Gasteiger partial charge in [-0.05, 0) is 31.1 Å². The van der Waals surface area contributed by atoms with Crippen LogP contribution in [0, 0.1) is 5.41 Å². The standard InChI is InChI=1S/C15H27NO4/c1-2-12(17)6-9-16-13(18)10-15(11-14(19)20)7-4-3-5-8-15/h12,17H,2-11H2,1H3,(H,16,18)(H,19,20). The molecular formula is C15H27NO4. The Kier molecular flexibility index (Phi) is 6.99. The number of carbonyl (C=O) groups excluding carboxylic acids is 1. The molecule has 0 bridgehead atoms. The number of carbonyl (C=O) groups is 2. The Balaban J connectivity index is 2.44. The van der Waals surface area contributed by atoms with Gasteiger partial charge in [0.1, 0.15) is 0 Å². The maximum Gasteiger partial charge on any atom is 0.303 e. The van der Waals surface area contributed by atoms with Crippen molar-refractivity contribution in [3.8, 4) is 0 Å². The first kappa shape index (κ1) is 17.0. The summed E-state index contributed by atoms with van der Waals surface area (Å²) in [6.45, 7) is 2.35. The van der Waals surface area contributed by atoms with Crippen molar-refractivity contribution in [3.63, 3.8) is 0 Å². The molecule has 3 N–H and O–H groups in total. The lowest BCUT2D eigenvalue weighted by Crippen LogP contribution is -2.36. The van der Waals surface area contributed by atoms with Crippen molar-refractivity contribution < 1.29 is 19.8 Å². The average Bonchev–Trinajstić information content (AvgIpc) is 2.38. The van der Waals surface area contributed by atoms with Gasteiger partial charge in [0, 0.05) is 13.0 Å². The molecule has 1 unspecified atom stereocenters. The molecule has 0 heterocycles. The summed E-state index contributed by atoms with van der Waals surface area (Å²) in [4.78, 5) is 23.0. The molecule has 5 heteroatoms. The molecule has 1 aliphatic rings. The molecule has 0 aliphatic heterocycles. The largest absolute Gasteiger partial charge is 0.481 e. The molecule has 116 valence electrons. The van der Waals surface area contributed by atoms with Crippen LogP contribution < -0.4 is 5.32 Å². The van der Waals surface area contributed by atoms with Gasteiger partial charge in [0.05, 0.1) is 12.5 Å². The smallest absolute Gasteiger partial charge is 0.303 e. The molecule has 1 aliphatic carbocycles. The van der Waals surface area contributed by atoms with Crippen molar-refractivity contribution in [1.82, 2.24) is 5.32 Å². The lowest BCUT2D eigenvalue weighted by atomic mass is 9.69. The number of aliphatic hydroxyl groups is 1. The predicted octanol–water partition coefficient (Wildman–Crippen LogP) is 2.08. The third kappa shape index (κ3) is 5.90. The number of amides is 1. The van der Waals surface area contributed by atoms with Crippen molar-refractivity contribution in [2.45, 2.75) is 70.8 Å². The van der Waals surface area contributed by atoms with Crippen LogP contribution in [0.3, 0.4) is 0 Å². The van der Waals surface area contributed by atoms with E-state index in [-0.39, 0.29) is 23.8 Å². The molecule has 0 aromatic rings. The van der Waals surface area contributed by atoms with Crippen LogP contribution in [0.15, 0.2) is 0 Å². The van der Waals surface area contributed by atoms with E-state index >= 15 is 0 Å². The number of aliphatic carboxylic acids is 1. The fraction of sp³-hybridized carbons (Fsp3) is 0.867. The van der Waals surface area contributed by atoms with E-state index in [0.29, 0.717) is 25.8 Å². The van der Waals surface area contributed by atoms with Crippen molar-refractivity contribution in [2.75, 3.05) is 6.54 Å². The van der Waals surface area contributed by atoms with Gasteiger partial charge >= 0.3 is 5.97 Å². The summed E-state index contributed by atoms with van der Waals surface area (Å²) in [7, 11) is 0. The number of aliphatic hydroxyl groups excluding tert-OH is 1. The molecule has 0 saturated heterocycles. The Hall–Kier alpha value is -1.10. The second-order valence-corrected chi connectivity index (χ2v) is 6.01. The molecule has 0 radical (unpaired) electrons. The minimum absolute atomic E-state index is 0.0814. The third-order valence-corrected chi connectivity index (χ3v) is 4.25.